The molecule has 2 aliphatic rings. The van der Waals surface area contributed by atoms with Gasteiger partial charge in [-0.2, -0.15) is 0 Å². The number of likely N-dealkylation sites (N-methyl/N-ethyl adjacent to an activating group) is 1. The zero-order chi connectivity index (χ0) is 33.8. The molecule has 1 heterocycles. The van der Waals surface area contributed by atoms with Gasteiger partial charge in [0.1, 0.15) is 0 Å². The highest BCUT2D eigenvalue weighted by Gasteiger charge is 2.45. The number of primary amides is 1. The van der Waals surface area contributed by atoms with E-state index < -0.39 is 17.9 Å². The summed E-state index contributed by atoms with van der Waals surface area (Å²) in [5, 5.41) is 23.8. The molecule has 11 nitrogen and oxygen atoms in total. The first kappa shape index (κ1) is 34.7. The standard InChI is InChI=1S/C35H49N5O6/c1-35(2,3)23-11-13-24(14-12-23)37-33(45)31-25-8-6-7-9-26(25)34(46)40(32(31)22-10-15-27(41)28(42)20-22)17-16-30(44)39(21-29(36)43)19-18-38(4)5/h6-10,15,20,23-24,31-32,41-42H,11-14,16-19,21H2,1-5H3,(H2,36,43)(H,37,45). The van der Waals surface area contributed by atoms with Crippen LogP contribution < -0.4 is 11.1 Å². The van der Waals surface area contributed by atoms with Crippen LogP contribution in [0.5, 0.6) is 11.5 Å². The van der Waals surface area contributed by atoms with E-state index in [4.69, 9.17) is 5.73 Å². The van der Waals surface area contributed by atoms with E-state index in [0.717, 1.165) is 25.7 Å². The van der Waals surface area contributed by atoms with Crippen LogP contribution in [0, 0.1) is 11.3 Å². The molecule has 2 atom stereocenters. The van der Waals surface area contributed by atoms with Gasteiger partial charge in [0.2, 0.25) is 17.7 Å². The Kier molecular flexibility index (Phi) is 11.0. The van der Waals surface area contributed by atoms with Crippen molar-refractivity contribution in [3.05, 3.63) is 59.2 Å². The molecular weight excluding hydrogens is 586 g/mol. The summed E-state index contributed by atoms with van der Waals surface area (Å²) in [5.74, 6) is -2.56. The third-order valence-corrected chi connectivity index (χ3v) is 9.44. The highest BCUT2D eigenvalue weighted by atomic mass is 16.3. The molecule has 46 heavy (non-hydrogen) atoms. The predicted molar refractivity (Wildman–Crippen MR) is 175 cm³/mol. The Morgan fingerprint density at radius 2 is 1.65 bits per heavy atom. The minimum atomic E-state index is -0.876. The second-order valence-electron chi connectivity index (χ2n) is 14.0. The molecule has 0 aromatic heterocycles. The van der Waals surface area contributed by atoms with Crippen molar-refractivity contribution >= 4 is 23.6 Å². The highest BCUT2D eigenvalue weighted by Crippen LogP contribution is 2.45. The van der Waals surface area contributed by atoms with Crippen molar-refractivity contribution in [3.63, 3.8) is 0 Å². The van der Waals surface area contributed by atoms with Gasteiger partial charge in [0.25, 0.3) is 5.91 Å². The second-order valence-corrected chi connectivity index (χ2v) is 14.0. The molecule has 0 radical (unpaired) electrons. The summed E-state index contributed by atoms with van der Waals surface area (Å²) in [5.41, 5.74) is 7.01. The van der Waals surface area contributed by atoms with Crippen LogP contribution in [-0.2, 0) is 14.4 Å². The number of rotatable bonds is 11. The van der Waals surface area contributed by atoms with Gasteiger partial charge < -0.3 is 36.0 Å². The number of nitrogens with zero attached hydrogens (tertiary/aromatic N) is 3. The maximum atomic E-state index is 14.3. The number of fused-ring (bicyclic) bond motifs is 1. The third kappa shape index (κ3) is 8.17. The number of phenols is 2. The lowest BCUT2D eigenvalue weighted by Gasteiger charge is -2.43. The van der Waals surface area contributed by atoms with Gasteiger partial charge >= 0.3 is 0 Å². The van der Waals surface area contributed by atoms with E-state index in [0.29, 0.717) is 29.2 Å². The number of nitrogens with two attached hydrogens (primary N) is 1. The van der Waals surface area contributed by atoms with E-state index in [1.54, 1.807) is 30.3 Å². The van der Waals surface area contributed by atoms with E-state index in [2.05, 4.69) is 26.1 Å². The topological polar surface area (TPSA) is 157 Å². The van der Waals surface area contributed by atoms with Crippen molar-refractivity contribution in [2.45, 2.75) is 70.9 Å². The van der Waals surface area contributed by atoms with Crippen molar-refractivity contribution < 1.29 is 29.4 Å². The molecule has 2 unspecified atom stereocenters. The van der Waals surface area contributed by atoms with Crippen LogP contribution in [0.2, 0.25) is 0 Å². The third-order valence-electron chi connectivity index (χ3n) is 9.44. The Morgan fingerprint density at radius 1 is 0.978 bits per heavy atom. The molecule has 11 heteroatoms. The number of hydrogen-bond donors (Lipinski definition) is 4. The molecule has 0 saturated heterocycles. The first-order chi connectivity index (χ1) is 21.7. The number of phenolic OH excluding ortho intramolecular Hbond substituents is 2. The van der Waals surface area contributed by atoms with Crippen molar-refractivity contribution in [1.29, 1.82) is 0 Å². The molecule has 2 aromatic carbocycles. The summed E-state index contributed by atoms with van der Waals surface area (Å²) < 4.78 is 0. The van der Waals surface area contributed by atoms with Crippen LogP contribution in [0.15, 0.2) is 42.5 Å². The zero-order valence-corrected chi connectivity index (χ0v) is 27.7. The number of hydrogen-bond acceptors (Lipinski definition) is 7. The largest absolute Gasteiger partial charge is 0.504 e. The van der Waals surface area contributed by atoms with Gasteiger partial charge in [0.15, 0.2) is 11.5 Å². The van der Waals surface area contributed by atoms with E-state index >= 15 is 0 Å². The van der Waals surface area contributed by atoms with Crippen LogP contribution >= 0.6 is 0 Å². The van der Waals surface area contributed by atoms with Gasteiger partial charge in [0, 0.05) is 37.7 Å². The van der Waals surface area contributed by atoms with Gasteiger partial charge in [-0.05, 0) is 80.4 Å². The fourth-order valence-corrected chi connectivity index (χ4v) is 6.79. The van der Waals surface area contributed by atoms with Crippen LogP contribution in [0.1, 0.15) is 86.3 Å². The zero-order valence-electron chi connectivity index (χ0n) is 27.7. The first-order valence-electron chi connectivity index (χ1n) is 16.1. The smallest absolute Gasteiger partial charge is 0.254 e. The highest BCUT2D eigenvalue weighted by molar-refractivity contribution is 6.01. The Bertz CT molecular complexity index is 1430. The normalized spacial score (nSPS) is 21.5. The summed E-state index contributed by atoms with van der Waals surface area (Å²) in [7, 11) is 3.71. The number of amides is 4. The number of aromatic hydroxyl groups is 2. The fraction of sp³-hybridized carbons (Fsp3) is 0.543. The van der Waals surface area contributed by atoms with E-state index in [1.807, 2.05) is 19.0 Å². The SMILES string of the molecule is CN(C)CCN(CC(N)=O)C(=O)CCN1C(=O)c2ccccc2C(C(=O)NC2CCC(C(C)(C)C)CC2)C1c1ccc(O)c(O)c1. The van der Waals surface area contributed by atoms with Crippen LogP contribution in [0.3, 0.4) is 0 Å². The minimum absolute atomic E-state index is 0.0150. The summed E-state index contributed by atoms with van der Waals surface area (Å²) in [6.07, 6.45) is 3.61. The van der Waals surface area contributed by atoms with Crippen LogP contribution in [0.25, 0.3) is 0 Å². The lowest BCUT2D eigenvalue weighted by Crippen LogP contribution is -2.50. The molecule has 1 aliphatic carbocycles. The lowest BCUT2D eigenvalue weighted by atomic mass is 9.71. The summed E-state index contributed by atoms with van der Waals surface area (Å²) >= 11 is 0. The monoisotopic (exact) mass is 635 g/mol. The average molecular weight is 636 g/mol. The number of benzene rings is 2. The molecular formula is C35H49N5O6. The molecule has 0 bridgehead atoms. The maximum absolute atomic E-state index is 14.3. The van der Waals surface area contributed by atoms with Crippen molar-refractivity contribution in [2.24, 2.45) is 17.1 Å². The van der Waals surface area contributed by atoms with Crippen LogP contribution in [0.4, 0.5) is 0 Å². The number of carbonyl (C=O) groups excluding carboxylic acids is 4. The summed E-state index contributed by atoms with van der Waals surface area (Å²) in [6.45, 7) is 7.25. The average Bonchev–Trinajstić information content (AvgIpc) is 2.99. The van der Waals surface area contributed by atoms with Crippen molar-refractivity contribution in [2.75, 3.05) is 40.3 Å². The van der Waals surface area contributed by atoms with Gasteiger partial charge in [-0.3, -0.25) is 19.2 Å². The van der Waals surface area contributed by atoms with Gasteiger partial charge in [-0.1, -0.05) is 45.0 Å². The first-order valence-corrected chi connectivity index (χ1v) is 16.1. The summed E-state index contributed by atoms with van der Waals surface area (Å²) in [4.78, 5) is 58.4. The lowest BCUT2D eigenvalue weighted by molar-refractivity contribution is -0.135. The van der Waals surface area contributed by atoms with Gasteiger partial charge in [0.05, 0.1) is 18.5 Å². The number of carbonyl (C=O) groups is 4. The molecule has 1 saturated carbocycles. The van der Waals surface area contributed by atoms with Crippen LogP contribution in [-0.4, -0.2) is 94.9 Å². The minimum Gasteiger partial charge on any atom is -0.504 e. The van der Waals surface area contributed by atoms with E-state index in [1.165, 1.54) is 21.9 Å². The number of nitrogens with one attached hydrogen (secondary N) is 1. The Hall–Kier alpha value is -4.12. The van der Waals surface area contributed by atoms with E-state index in [9.17, 15) is 29.4 Å². The van der Waals surface area contributed by atoms with Gasteiger partial charge in [-0.25, -0.2) is 0 Å². The molecule has 1 fully saturated rings. The molecule has 1 aliphatic heterocycles. The molecule has 0 spiro atoms. The Labute approximate surface area is 271 Å². The predicted octanol–water partition coefficient (Wildman–Crippen LogP) is 3.37. The van der Waals surface area contributed by atoms with Crippen molar-refractivity contribution in [3.8, 4) is 11.5 Å². The quantitative estimate of drug-likeness (QED) is 0.276. The van der Waals surface area contributed by atoms with Gasteiger partial charge in [-0.15, -0.1) is 0 Å². The molecule has 5 N–H and O–H groups in total. The Balaban J connectivity index is 1.68. The molecule has 4 rings (SSSR count). The van der Waals surface area contributed by atoms with Crippen molar-refractivity contribution in [1.82, 2.24) is 20.0 Å². The van der Waals surface area contributed by atoms with E-state index in [-0.39, 0.29) is 66.7 Å². The molecule has 4 amide bonds. The Morgan fingerprint density at radius 3 is 2.26 bits per heavy atom. The second kappa shape index (κ2) is 14.5. The molecule has 2 aromatic rings. The fourth-order valence-electron chi connectivity index (χ4n) is 6.79. The maximum Gasteiger partial charge on any atom is 0.254 e. The molecule has 250 valence electrons. The summed E-state index contributed by atoms with van der Waals surface area (Å²) in [6, 6.07) is 10.4.